The molecule has 7 heteroatoms. The quantitative estimate of drug-likeness (QED) is 0.886. The van der Waals surface area contributed by atoms with Crippen molar-refractivity contribution < 1.29 is 18.7 Å². The minimum Gasteiger partial charge on any atom is -0.477 e. The van der Waals surface area contributed by atoms with E-state index in [4.69, 9.17) is 5.11 Å². The van der Waals surface area contributed by atoms with Crippen molar-refractivity contribution in [2.45, 2.75) is 0 Å². The van der Waals surface area contributed by atoms with Crippen LogP contribution in [0, 0.1) is 11.6 Å². The van der Waals surface area contributed by atoms with Crippen molar-refractivity contribution in [2.75, 3.05) is 5.32 Å². The number of hydrogen-bond donors (Lipinski definition) is 2. The van der Waals surface area contributed by atoms with Gasteiger partial charge in [-0.2, -0.15) is 0 Å². The lowest BCUT2D eigenvalue weighted by atomic mass is 10.3. The summed E-state index contributed by atoms with van der Waals surface area (Å²) in [5, 5.41) is 11.4. The Bertz CT molecular complexity index is 571. The number of carboxylic acid groups (broad SMARTS) is 1. The lowest BCUT2D eigenvalue weighted by molar-refractivity contribution is 0.0702. The van der Waals surface area contributed by atoms with E-state index in [0.717, 1.165) is 23.6 Å². The van der Waals surface area contributed by atoms with Crippen LogP contribution in [0.25, 0.3) is 0 Å². The lowest BCUT2D eigenvalue weighted by Gasteiger charge is -2.03. The van der Waals surface area contributed by atoms with E-state index in [-0.39, 0.29) is 15.7 Å². The Morgan fingerprint density at radius 2 is 2.18 bits per heavy atom. The molecular weight excluding hydrogens is 250 g/mol. The van der Waals surface area contributed by atoms with E-state index in [1.165, 1.54) is 12.1 Å². The third-order valence-corrected chi connectivity index (χ3v) is 2.81. The summed E-state index contributed by atoms with van der Waals surface area (Å²) in [7, 11) is 0. The van der Waals surface area contributed by atoms with Gasteiger partial charge in [0.15, 0.2) is 16.8 Å². The first-order chi connectivity index (χ1) is 8.08. The van der Waals surface area contributed by atoms with E-state index in [2.05, 4.69) is 10.3 Å². The summed E-state index contributed by atoms with van der Waals surface area (Å²) < 4.78 is 26.2. The highest BCUT2D eigenvalue weighted by molar-refractivity contribution is 7.17. The molecule has 0 bridgehead atoms. The van der Waals surface area contributed by atoms with Gasteiger partial charge in [0.1, 0.15) is 4.88 Å². The van der Waals surface area contributed by atoms with Crippen LogP contribution in [-0.4, -0.2) is 16.1 Å². The van der Waals surface area contributed by atoms with Crippen molar-refractivity contribution >= 4 is 28.1 Å². The molecule has 0 radical (unpaired) electrons. The van der Waals surface area contributed by atoms with E-state index < -0.39 is 17.6 Å². The number of thiazole rings is 1. The monoisotopic (exact) mass is 256 g/mol. The third-order valence-electron chi connectivity index (χ3n) is 1.91. The molecule has 0 unspecified atom stereocenters. The fourth-order valence-corrected chi connectivity index (χ4v) is 1.81. The fraction of sp³-hybridized carbons (Fsp3) is 0. The molecule has 1 aromatic heterocycles. The SMILES string of the molecule is O=C(O)c1cnc(Nc2cccc(F)c2F)s1. The van der Waals surface area contributed by atoms with Crippen LogP contribution in [0.5, 0.6) is 0 Å². The Balaban J connectivity index is 2.25. The molecule has 2 N–H and O–H groups in total. The second-order valence-corrected chi connectivity index (χ2v) is 4.09. The van der Waals surface area contributed by atoms with Crippen LogP contribution in [0.2, 0.25) is 0 Å². The number of aromatic carboxylic acids is 1. The number of nitrogens with one attached hydrogen (secondary N) is 1. The molecule has 88 valence electrons. The number of anilines is 2. The van der Waals surface area contributed by atoms with Crippen molar-refractivity contribution in [1.82, 2.24) is 4.98 Å². The minimum atomic E-state index is -1.12. The number of halogens is 2. The number of carboxylic acids is 1. The zero-order chi connectivity index (χ0) is 12.4. The molecule has 0 aliphatic rings. The van der Waals surface area contributed by atoms with E-state index in [9.17, 15) is 13.6 Å². The number of benzene rings is 1. The van der Waals surface area contributed by atoms with Gasteiger partial charge in [-0.1, -0.05) is 17.4 Å². The molecule has 0 spiro atoms. The van der Waals surface area contributed by atoms with Gasteiger partial charge >= 0.3 is 5.97 Å². The Morgan fingerprint density at radius 3 is 2.82 bits per heavy atom. The Kier molecular flexibility index (Phi) is 3.01. The Hall–Kier alpha value is -2.02. The van der Waals surface area contributed by atoms with Gasteiger partial charge in [0.05, 0.1) is 11.9 Å². The molecule has 0 atom stereocenters. The maximum Gasteiger partial charge on any atom is 0.347 e. The summed E-state index contributed by atoms with van der Waals surface area (Å²) in [6.45, 7) is 0. The van der Waals surface area contributed by atoms with Crippen LogP contribution in [0.1, 0.15) is 9.67 Å². The fourth-order valence-electron chi connectivity index (χ4n) is 1.15. The number of hydrogen-bond acceptors (Lipinski definition) is 4. The predicted octanol–water partition coefficient (Wildman–Crippen LogP) is 2.86. The molecule has 0 saturated heterocycles. The van der Waals surface area contributed by atoms with Gasteiger partial charge in [-0.05, 0) is 12.1 Å². The van der Waals surface area contributed by atoms with Gasteiger partial charge in [0.25, 0.3) is 0 Å². The first kappa shape index (κ1) is 11.5. The second-order valence-electron chi connectivity index (χ2n) is 3.06. The molecule has 4 nitrogen and oxygen atoms in total. The van der Waals surface area contributed by atoms with Gasteiger partial charge in [0, 0.05) is 0 Å². The average molecular weight is 256 g/mol. The molecule has 0 amide bonds. The normalized spacial score (nSPS) is 10.2. The first-order valence-corrected chi connectivity index (χ1v) is 5.29. The summed E-state index contributed by atoms with van der Waals surface area (Å²) in [5.41, 5.74) is -0.0868. The summed E-state index contributed by atoms with van der Waals surface area (Å²) >= 11 is 0.839. The Morgan fingerprint density at radius 1 is 1.41 bits per heavy atom. The van der Waals surface area contributed by atoms with E-state index >= 15 is 0 Å². The van der Waals surface area contributed by atoms with Gasteiger partial charge in [0.2, 0.25) is 0 Å². The summed E-state index contributed by atoms with van der Waals surface area (Å²) in [4.78, 5) is 14.4. The average Bonchev–Trinajstić information content (AvgIpc) is 2.73. The molecule has 2 aromatic rings. The summed E-state index contributed by atoms with van der Waals surface area (Å²) in [6.07, 6.45) is 1.15. The third kappa shape index (κ3) is 2.39. The highest BCUT2D eigenvalue weighted by Crippen LogP contribution is 2.25. The molecule has 0 aliphatic heterocycles. The zero-order valence-electron chi connectivity index (χ0n) is 8.28. The van der Waals surface area contributed by atoms with Crippen LogP contribution >= 0.6 is 11.3 Å². The van der Waals surface area contributed by atoms with E-state index in [1.807, 2.05) is 0 Å². The zero-order valence-corrected chi connectivity index (χ0v) is 9.09. The first-order valence-electron chi connectivity index (χ1n) is 4.48. The molecule has 0 fully saturated rings. The van der Waals surface area contributed by atoms with Crippen LogP contribution < -0.4 is 5.32 Å². The highest BCUT2D eigenvalue weighted by atomic mass is 32.1. The standard InChI is InChI=1S/C10H6F2N2O2S/c11-5-2-1-3-6(8(5)12)14-10-13-4-7(17-10)9(15)16/h1-4H,(H,13,14)(H,15,16). The van der Waals surface area contributed by atoms with Crippen LogP contribution in [-0.2, 0) is 0 Å². The maximum atomic E-state index is 13.3. The van der Waals surface area contributed by atoms with E-state index in [0.29, 0.717) is 0 Å². The lowest BCUT2D eigenvalue weighted by Crippen LogP contribution is -1.95. The smallest absolute Gasteiger partial charge is 0.347 e. The van der Waals surface area contributed by atoms with Crippen LogP contribution in [0.4, 0.5) is 19.6 Å². The van der Waals surface area contributed by atoms with Gasteiger partial charge < -0.3 is 10.4 Å². The largest absolute Gasteiger partial charge is 0.477 e. The maximum absolute atomic E-state index is 13.3. The predicted molar refractivity (Wildman–Crippen MR) is 58.7 cm³/mol. The minimum absolute atomic E-state index is 0.0179. The molecule has 2 rings (SSSR count). The van der Waals surface area contributed by atoms with Crippen molar-refractivity contribution in [3.63, 3.8) is 0 Å². The van der Waals surface area contributed by atoms with Crippen LogP contribution in [0.3, 0.4) is 0 Å². The molecule has 1 aromatic carbocycles. The van der Waals surface area contributed by atoms with Crippen LogP contribution in [0.15, 0.2) is 24.4 Å². The Labute approximate surface area is 98.6 Å². The molecule has 17 heavy (non-hydrogen) atoms. The van der Waals surface area contributed by atoms with Crippen molar-refractivity contribution in [3.8, 4) is 0 Å². The topological polar surface area (TPSA) is 62.2 Å². The van der Waals surface area contributed by atoms with Gasteiger partial charge in [-0.15, -0.1) is 0 Å². The van der Waals surface area contributed by atoms with Crippen molar-refractivity contribution in [1.29, 1.82) is 0 Å². The van der Waals surface area contributed by atoms with Crippen molar-refractivity contribution in [2.24, 2.45) is 0 Å². The number of rotatable bonds is 3. The molecule has 1 heterocycles. The second kappa shape index (κ2) is 4.46. The molecule has 0 saturated carbocycles. The van der Waals surface area contributed by atoms with E-state index in [1.54, 1.807) is 0 Å². The number of aromatic nitrogens is 1. The number of nitrogens with zero attached hydrogens (tertiary/aromatic N) is 1. The molecular formula is C10H6F2N2O2S. The van der Waals surface area contributed by atoms with Crippen molar-refractivity contribution in [3.05, 3.63) is 40.9 Å². The van der Waals surface area contributed by atoms with Gasteiger partial charge in [-0.25, -0.2) is 18.6 Å². The molecule has 0 aliphatic carbocycles. The number of carbonyl (C=O) groups is 1. The van der Waals surface area contributed by atoms with Gasteiger partial charge in [-0.3, -0.25) is 0 Å². The summed E-state index contributed by atoms with van der Waals surface area (Å²) in [6, 6.07) is 3.66. The highest BCUT2D eigenvalue weighted by Gasteiger charge is 2.11. The summed E-state index contributed by atoms with van der Waals surface area (Å²) in [5.74, 6) is -3.13.